The Kier molecular flexibility index (Phi) is 6.15. The van der Waals surface area contributed by atoms with E-state index in [2.05, 4.69) is 31.9 Å². The molecule has 0 aliphatic heterocycles. The van der Waals surface area contributed by atoms with Crippen molar-refractivity contribution in [3.63, 3.8) is 0 Å². The Labute approximate surface area is 154 Å². The van der Waals surface area contributed by atoms with Gasteiger partial charge in [0.15, 0.2) is 5.78 Å². The van der Waals surface area contributed by atoms with Gasteiger partial charge in [0.05, 0.1) is 14.7 Å². The molecule has 0 aliphatic rings. The molecule has 2 rings (SSSR count). The summed E-state index contributed by atoms with van der Waals surface area (Å²) in [6.07, 6.45) is 0. The molecule has 0 bridgehead atoms. The average Bonchev–Trinajstić information content (AvgIpc) is 2.45. The van der Waals surface area contributed by atoms with Crippen LogP contribution in [-0.2, 0) is 0 Å². The first-order valence-corrected chi connectivity index (χ1v) is 8.89. The number of halogens is 5. The molecular weight excluding hydrogens is 462 g/mol. The third-order valence-electron chi connectivity index (χ3n) is 2.87. The molecule has 2 aromatic carbocycles. The van der Waals surface area contributed by atoms with Gasteiger partial charge in [-0.25, -0.2) is 0 Å². The lowest BCUT2D eigenvalue weighted by Crippen LogP contribution is -2.19. The predicted molar refractivity (Wildman–Crippen MR) is 96.6 cm³/mol. The minimum Gasteiger partial charge on any atom is -0.293 e. The standard InChI is InChI=1S/C15H9Br2Cl3O/c16-13(8-2-1-3-9(18)6-8)14(17)15(21)11-5-4-10(19)7-12(11)20/h1-7,13-14H. The zero-order valence-corrected chi connectivity index (χ0v) is 15.9. The van der Waals surface area contributed by atoms with Crippen LogP contribution in [-0.4, -0.2) is 10.6 Å². The van der Waals surface area contributed by atoms with Crippen LogP contribution in [0.15, 0.2) is 42.5 Å². The van der Waals surface area contributed by atoms with Crippen molar-refractivity contribution in [1.82, 2.24) is 0 Å². The highest BCUT2D eigenvalue weighted by molar-refractivity contribution is 9.12. The third kappa shape index (κ3) is 4.23. The second-order valence-electron chi connectivity index (χ2n) is 4.35. The van der Waals surface area contributed by atoms with E-state index in [1.165, 1.54) is 0 Å². The molecule has 0 spiro atoms. The molecule has 0 aliphatic carbocycles. The molecular formula is C15H9Br2Cl3O. The van der Waals surface area contributed by atoms with Gasteiger partial charge in [-0.15, -0.1) is 0 Å². The van der Waals surface area contributed by atoms with Crippen LogP contribution in [0.1, 0.15) is 20.7 Å². The SMILES string of the molecule is O=C(c1ccc(Cl)cc1Cl)C(Br)C(Br)c1cccc(Cl)c1. The van der Waals surface area contributed by atoms with Crippen LogP contribution < -0.4 is 0 Å². The highest BCUT2D eigenvalue weighted by Gasteiger charge is 2.27. The van der Waals surface area contributed by atoms with Crippen molar-refractivity contribution in [3.8, 4) is 0 Å². The monoisotopic (exact) mass is 468 g/mol. The number of carbonyl (C=O) groups is 1. The van der Waals surface area contributed by atoms with Gasteiger partial charge in [0, 0.05) is 15.6 Å². The molecule has 0 saturated heterocycles. The highest BCUT2D eigenvalue weighted by Crippen LogP contribution is 2.35. The molecule has 0 radical (unpaired) electrons. The van der Waals surface area contributed by atoms with Crippen molar-refractivity contribution < 1.29 is 4.79 Å². The number of hydrogen-bond donors (Lipinski definition) is 0. The maximum atomic E-state index is 12.5. The molecule has 2 atom stereocenters. The summed E-state index contributed by atoms with van der Waals surface area (Å²) in [6.45, 7) is 0. The summed E-state index contributed by atoms with van der Waals surface area (Å²) in [6, 6.07) is 12.2. The number of hydrogen-bond acceptors (Lipinski definition) is 1. The Morgan fingerprint density at radius 2 is 1.62 bits per heavy atom. The van der Waals surface area contributed by atoms with Crippen LogP contribution in [0.2, 0.25) is 15.1 Å². The lowest BCUT2D eigenvalue weighted by molar-refractivity contribution is 0.0991. The number of carbonyl (C=O) groups excluding carboxylic acids is 1. The molecule has 0 amide bonds. The van der Waals surface area contributed by atoms with Crippen molar-refractivity contribution in [2.75, 3.05) is 0 Å². The number of Topliss-reactive ketones (excluding diaryl/α,β-unsaturated/α-hetero) is 1. The van der Waals surface area contributed by atoms with Crippen molar-refractivity contribution in [2.45, 2.75) is 9.65 Å². The quantitative estimate of drug-likeness (QED) is 0.357. The van der Waals surface area contributed by atoms with Crippen LogP contribution in [0.5, 0.6) is 0 Å². The normalized spacial score (nSPS) is 13.8. The van der Waals surface area contributed by atoms with Gasteiger partial charge < -0.3 is 0 Å². The fourth-order valence-corrected chi connectivity index (χ4v) is 3.59. The number of benzene rings is 2. The Bertz CT molecular complexity index is 676. The summed E-state index contributed by atoms with van der Waals surface area (Å²) >= 11 is 24.9. The van der Waals surface area contributed by atoms with Crippen LogP contribution >= 0.6 is 66.7 Å². The molecule has 21 heavy (non-hydrogen) atoms. The van der Waals surface area contributed by atoms with Crippen molar-refractivity contribution in [1.29, 1.82) is 0 Å². The molecule has 0 heterocycles. The van der Waals surface area contributed by atoms with Gasteiger partial charge in [0.2, 0.25) is 0 Å². The van der Waals surface area contributed by atoms with E-state index in [0.717, 1.165) is 5.56 Å². The maximum absolute atomic E-state index is 12.5. The van der Waals surface area contributed by atoms with E-state index >= 15 is 0 Å². The molecule has 2 aromatic rings. The van der Waals surface area contributed by atoms with Crippen LogP contribution in [0.25, 0.3) is 0 Å². The Balaban J connectivity index is 2.26. The van der Waals surface area contributed by atoms with E-state index < -0.39 is 4.83 Å². The predicted octanol–water partition coefficient (Wildman–Crippen LogP) is 6.73. The summed E-state index contributed by atoms with van der Waals surface area (Å²) in [4.78, 5) is 11.8. The van der Waals surface area contributed by atoms with Gasteiger partial charge in [-0.3, -0.25) is 4.79 Å². The Morgan fingerprint density at radius 1 is 0.952 bits per heavy atom. The lowest BCUT2D eigenvalue weighted by atomic mass is 10.0. The van der Waals surface area contributed by atoms with Crippen LogP contribution in [0.3, 0.4) is 0 Å². The average molecular weight is 471 g/mol. The lowest BCUT2D eigenvalue weighted by Gasteiger charge is -2.17. The zero-order valence-electron chi connectivity index (χ0n) is 10.5. The molecule has 2 unspecified atom stereocenters. The summed E-state index contributed by atoms with van der Waals surface area (Å²) < 4.78 is 0. The Morgan fingerprint density at radius 3 is 2.24 bits per heavy atom. The maximum Gasteiger partial charge on any atom is 0.179 e. The summed E-state index contributed by atoms with van der Waals surface area (Å²) in [5.74, 6) is -0.126. The number of rotatable bonds is 4. The van der Waals surface area contributed by atoms with E-state index in [0.29, 0.717) is 20.6 Å². The first-order valence-electron chi connectivity index (χ1n) is 5.93. The zero-order chi connectivity index (χ0) is 15.6. The molecule has 6 heteroatoms. The fourth-order valence-electron chi connectivity index (χ4n) is 1.82. The van der Waals surface area contributed by atoms with Gasteiger partial charge in [-0.05, 0) is 35.9 Å². The molecule has 0 saturated carbocycles. The van der Waals surface area contributed by atoms with Gasteiger partial charge in [-0.2, -0.15) is 0 Å². The topological polar surface area (TPSA) is 17.1 Å². The minimum atomic E-state index is -0.477. The molecule has 0 fully saturated rings. The molecule has 1 nitrogen and oxygen atoms in total. The van der Waals surface area contributed by atoms with Gasteiger partial charge in [-0.1, -0.05) is 78.8 Å². The van der Waals surface area contributed by atoms with Crippen molar-refractivity contribution >= 4 is 72.4 Å². The number of ketones is 1. The molecule has 110 valence electrons. The van der Waals surface area contributed by atoms with Crippen molar-refractivity contribution in [2.24, 2.45) is 0 Å². The highest BCUT2D eigenvalue weighted by atomic mass is 79.9. The molecule has 0 N–H and O–H groups in total. The van der Waals surface area contributed by atoms with Gasteiger partial charge >= 0.3 is 0 Å². The summed E-state index contributed by atoms with van der Waals surface area (Å²) in [5.41, 5.74) is 1.33. The smallest absolute Gasteiger partial charge is 0.179 e. The summed E-state index contributed by atoms with van der Waals surface area (Å²) in [7, 11) is 0. The molecule has 0 aromatic heterocycles. The minimum absolute atomic E-state index is 0.126. The van der Waals surface area contributed by atoms with Gasteiger partial charge in [0.1, 0.15) is 0 Å². The third-order valence-corrected chi connectivity index (χ3v) is 6.37. The van der Waals surface area contributed by atoms with E-state index in [9.17, 15) is 4.79 Å². The summed E-state index contributed by atoms with van der Waals surface area (Å²) in [5, 5.41) is 1.45. The first-order chi connectivity index (χ1) is 9.90. The first kappa shape index (κ1) is 17.3. The van der Waals surface area contributed by atoms with Crippen LogP contribution in [0.4, 0.5) is 0 Å². The van der Waals surface area contributed by atoms with E-state index in [4.69, 9.17) is 34.8 Å². The van der Waals surface area contributed by atoms with Gasteiger partial charge in [0.25, 0.3) is 0 Å². The fraction of sp³-hybridized carbons (Fsp3) is 0.133. The van der Waals surface area contributed by atoms with Crippen molar-refractivity contribution in [3.05, 3.63) is 68.7 Å². The largest absolute Gasteiger partial charge is 0.293 e. The number of alkyl halides is 2. The van der Waals surface area contributed by atoms with E-state index in [-0.39, 0.29) is 10.6 Å². The van der Waals surface area contributed by atoms with Crippen LogP contribution in [0, 0.1) is 0 Å². The Hall–Kier alpha value is -0.0600. The van der Waals surface area contributed by atoms with E-state index in [1.807, 2.05) is 18.2 Å². The van der Waals surface area contributed by atoms with E-state index in [1.54, 1.807) is 24.3 Å². The second kappa shape index (κ2) is 7.47. The second-order valence-corrected chi connectivity index (χ2v) is 7.60.